The largest absolute Gasteiger partial charge is 0.493 e. The van der Waals surface area contributed by atoms with E-state index in [1.54, 1.807) is 13.3 Å². The number of methoxy groups -OCH3 is 1. The van der Waals surface area contributed by atoms with Crippen LogP contribution in [0.3, 0.4) is 0 Å². The molecule has 2 aromatic rings. The lowest BCUT2D eigenvalue weighted by molar-refractivity contribution is 0.290. The molecule has 0 unspecified atom stereocenters. The fourth-order valence-corrected chi connectivity index (χ4v) is 2.74. The number of hydrogen-bond acceptors (Lipinski definition) is 4. The number of nitrogens with zero attached hydrogens (tertiary/aromatic N) is 2. The summed E-state index contributed by atoms with van der Waals surface area (Å²) in [7, 11) is 1.67. The highest BCUT2D eigenvalue weighted by molar-refractivity contribution is 9.10. The van der Waals surface area contributed by atoms with Crippen LogP contribution < -0.4 is 14.8 Å². The summed E-state index contributed by atoms with van der Waals surface area (Å²) in [6.45, 7) is 5.40. The third-order valence-electron chi connectivity index (χ3n) is 3.47. The van der Waals surface area contributed by atoms with Gasteiger partial charge in [0.25, 0.3) is 0 Å². The maximum absolute atomic E-state index is 5.90. The molecule has 0 saturated heterocycles. The van der Waals surface area contributed by atoms with Gasteiger partial charge in [-0.2, -0.15) is 0 Å². The first-order valence-electron chi connectivity index (χ1n) is 7.90. The Bertz CT molecular complexity index is 588. The Labute approximate surface area is 146 Å². The van der Waals surface area contributed by atoms with Gasteiger partial charge in [0, 0.05) is 35.5 Å². The molecule has 1 heterocycles. The minimum atomic E-state index is 0.681. The van der Waals surface area contributed by atoms with Crippen LogP contribution in [-0.4, -0.2) is 29.8 Å². The molecule has 0 aliphatic carbocycles. The summed E-state index contributed by atoms with van der Waals surface area (Å²) in [4.78, 5) is 4.05. The van der Waals surface area contributed by atoms with Crippen LogP contribution in [-0.2, 0) is 13.1 Å². The zero-order chi connectivity index (χ0) is 16.5. The molecule has 0 saturated carbocycles. The second kappa shape index (κ2) is 9.57. The van der Waals surface area contributed by atoms with Gasteiger partial charge in [-0.25, -0.2) is 4.98 Å². The molecule has 126 valence electrons. The first kappa shape index (κ1) is 17.8. The number of rotatable bonds is 10. The highest BCUT2D eigenvalue weighted by Crippen LogP contribution is 2.36. The summed E-state index contributed by atoms with van der Waals surface area (Å²) in [6, 6.07) is 3.93. The summed E-state index contributed by atoms with van der Waals surface area (Å²) in [5.41, 5.74) is 1.10. The number of imidazole rings is 1. The molecule has 2 rings (SSSR count). The average Bonchev–Trinajstić information content (AvgIpc) is 3.07. The average molecular weight is 382 g/mol. The van der Waals surface area contributed by atoms with Crippen molar-refractivity contribution < 1.29 is 9.47 Å². The van der Waals surface area contributed by atoms with Crippen molar-refractivity contribution in [3.63, 3.8) is 0 Å². The van der Waals surface area contributed by atoms with E-state index in [2.05, 4.69) is 37.7 Å². The lowest BCUT2D eigenvalue weighted by Gasteiger charge is -2.17. The van der Waals surface area contributed by atoms with Crippen LogP contribution in [0.4, 0.5) is 0 Å². The minimum Gasteiger partial charge on any atom is -0.493 e. The van der Waals surface area contributed by atoms with Crippen molar-refractivity contribution in [3.8, 4) is 11.5 Å². The minimum absolute atomic E-state index is 0.681. The lowest BCUT2D eigenvalue weighted by Crippen LogP contribution is -2.17. The van der Waals surface area contributed by atoms with E-state index in [4.69, 9.17) is 9.47 Å². The molecule has 0 fully saturated rings. The standard InChI is InChI=1S/C17H24BrN3O2/c1-3-11-23-17-14(15(18)5-6-16(17)22-2)12-19-7-4-9-21-10-8-20-13-21/h5-6,8,10,13,19H,3-4,7,9,11-12H2,1-2H3. The molecule has 1 aromatic heterocycles. The molecule has 0 spiro atoms. The number of halogens is 1. The number of aryl methyl sites for hydroxylation is 1. The molecule has 0 aliphatic rings. The van der Waals surface area contributed by atoms with Crippen molar-refractivity contribution in [2.75, 3.05) is 20.3 Å². The molecular formula is C17H24BrN3O2. The Morgan fingerprint density at radius 3 is 2.91 bits per heavy atom. The fourth-order valence-electron chi connectivity index (χ4n) is 2.29. The zero-order valence-corrected chi connectivity index (χ0v) is 15.3. The van der Waals surface area contributed by atoms with Gasteiger partial charge < -0.3 is 19.4 Å². The van der Waals surface area contributed by atoms with Gasteiger partial charge in [-0.05, 0) is 31.5 Å². The molecule has 0 bridgehead atoms. The van der Waals surface area contributed by atoms with Crippen LogP contribution in [0.2, 0.25) is 0 Å². The van der Waals surface area contributed by atoms with E-state index >= 15 is 0 Å². The summed E-state index contributed by atoms with van der Waals surface area (Å²) < 4.78 is 14.4. The predicted octanol–water partition coefficient (Wildman–Crippen LogP) is 3.62. The van der Waals surface area contributed by atoms with Gasteiger partial charge in [-0.3, -0.25) is 0 Å². The van der Waals surface area contributed by atoms with Crippen LogP contribution in [0.5, 0.6) is 11.5 Å². The van der Waals surface area contributed by atoms with Crippen LogP contribution in [0.15, 0.2) is 35.3 Å². The highest BCUT2D eigenvalue weighted by Gasteiger charge is 2.14. The zero-order valence-electron chi connectivity index (χ0n) is 13.7. The summed E-state index contributed by atoms with van der Waals surface area (Å²) in [5.74, 6) is 1.60. The van der Waals surface area contributed by atoms with E-state index in [9.17, 15) is 0 Å². The molecule has 23 heavy (non-hydrogen) atoms. The Hall–Kier alpha value is -1.53. The van der Waals surface area contributed by atoms with Crippen molar-refractivity contribution in [2.45, 2.75) is 32.9 Å². The molecule has 0 radical (unpaired) electrons. The van der Waals surface area contributed by atoms with Gasteiger partial charge in [0.05, 0.1) is 20.0 Å². The number of nitrogens with one attached hydrogen (secondary N) is 1. The van der Waals surface area contributed by atoms with Gasteiger partial charge in [0.15, 0.2) is 11.5 Å². The van der Waals surface area contributed by atoms with Crippen molar-refractivity contribution >= 4 is 15.9 Å². The topological polar surface area (TPSA) is 48.3 Å². The first-order chi connectivity index (χ1) is 11.3. The Morgan fingerprint density at radius 2 is 2.22 bits per heavy atom. The molecule has 0 amide bonds. The Kier molecular flexibility index (Phi) is 7.42. The second-order valence-electron chi connectivity index (χ2n) is 5.24. The molecule has 6 heteroatoms. The van der Waals surface area contributed by atoms with Crippen molar-refractivity contribution in [1.82, 2.24) is 14.9 Å². The van der Waals surface area contributed by atoms with Gasteiger partial charge in [-0.1, -0.05) is 22.9 Å². The van der Waals surface area contributed by atoms with E-state index < -0.39 is 0 Å². The second-order valence-corrected chi connectivity index (χ2v) is 6.09. The van der Waals surface area contributed by atoms with Gasteiger partial charge in [-0.15, -0.1) is 0 Å². The monoisotopic (exact) mass is 381 g/mol. The lowest BCUT2D eigenvalue weighted by atomic mass is 10.1. The van der Waals surface area contributed by atoms with Crippen LogP contribution in [0, 0.1) is 0 Å². The fraction of sp³-hybridized carbons (Fsp3) is 0.471. The molecule has 0 aliphatic heterocycles. The summed E-state index contributed by atoms with van der Waals surface area (Å²) in [6.07, 6.45) is 7.64. The normalized spacial score (nSPS) is 10.7. The maximum Gasteiger partial charge on any atom is 0.166 e. The first-order valence-corrected chi connectivity index (χ1v) is 8.70. The smallest absolute Gasteiger partial charge is 0.166 e. The van der Waals surface area contributed by atoms with E-state index in [-0.39, 0.29) is 0 Å². The van der Waals surface area contributed by atoms with Crippen LogP contribution >= 0.6 is 15.9 Å². The van der Waals surface area contributed by atoms with Crippen LogP contribution in [0.1, 0.15) is 25.3 Å². The van der Waals surface area contributed by atoms with Crippen LogP contribution in [0.25, 0.3) is 0 Å². The molecule has 1 aromatic carbocycles. The quantitative estimate of drug-likeness (QED) is 0.638. The SMILES string of the molecule is CCCOc1c(OC)ccc(Br)c1CNCCCn1ccnc1. The van der Waals surface area contributed by atoms with Crippen molar-refractivity contribution in [2.24, 2.45) is 0 Å². The number of benzene rings is 1. The van der Waals surface area contributed by atoms with Gasteiger partial charge >= 0.3 is 0 Å². The molecular weight excluding hydrogens is 358 g/mol. The van der Waals surface area contributed by atoms with Crippen molar-refractivity contribution in [3.05, 3.63) is 40.9 Å². The van der Waals surface area contributed by atoms with E-state index in [0.717, 1.165) is 54.0 Å². The van der Waals surface area contributed by atoms with E-state index in [0.29, 0.717) is 6.61 Å². The molecule has 0 atom stereocenters. The van der Waals surface area contributed by atoms with Gasteiger partial charge in [0.1, 0.15) is 0 Å². The van der Waals surface area contributed by atoms with E-state index in [1.807, 2.05) is 24.7 Å². The molecule has 5 nitrogen and oxygen atoms in total. The van der Waals surface area contributed by atoms with E-state index in [1.165, 1.54) is 0 Å². The third-order valence-corrected chi connectivity index (χ3v) is 4.21. The number of aromatic nitrogens is 2. The number of hydrogen-bond donors (Lipinski definition) is 1. The predicted molar refractivity (Wildman–Crippen MR) is 95.0 cm³/mol. The van der Waals surface area contributed by atoms with Crippen molar-refractivity contribution in [1.29, 1.82) is 0 Å². The molecule has 1 N–H and O–H groups in total. The Morgan fingerprint density at radius 1 is 1.35 bits per heavy atom. The summed E-state index contributed by atoms with van der Waals surface area (Å²) in [5, 5.41) is 3.47. The Balaban J connectivity index is 1.91. The number of ether oxygens (including phenoxy) is 2. The third kappa shape index (κ3) is 5.25. The maximum atomic E-state index is 5.90. The highest BCUT2D eigenvalue weighted by atomic mass is 79.9. The van der Waals surface area contributed by atoms with Gasteiger partial charge in [0.2, 0.25) is 0 Å². The summed E-state index contributed by atoms with van der Waals surface area (Å²) >= 11 is 3.62.